The fourth-order valence-corrected chi connectivity index (χ4v) is 4.45. The molecule has 3 amide bonds. The predicted octanol–water partition coefficient (Wildman–Crippen LogP) is 4.10. The van der Waals surface area contributed by atoms with E-state index < -0.39 is 6.04 Å². The molecule has 1 heterocycles. The minimum atomic E-state index is -0.552. The summed E-state index contributed by atoms with van der Waals surface area (Å²) < 4.78 is 0. The summed E-state index contributed by atoms with van der Waals surface area (Å²) in [7, 11) is 0. The van der Waals surface area contributed by atoms with Gasteiger partial charge in [-0.3, -0.25) is 19.7 Å². The number of imide groups is 1. The zero-order chi connectivity index (χ0) is 19.9. The number of hydrogen-bond donors (Lipinski definition) is 2. The number of piperidine rings is 1. The SMILES string of the molecule is CC(C)(C)C1CCCCCC(C(=O)NC2CCC(=O)NC2=O)CCCCC1. The molecule has 2 fully saturated rings. The quantitative estimate of drug-likeness (QED) is 0.710. The van der Waals surface area contributed by atoms with Crippen molar-refractivity contribution in [3.63, 3.8) is 0 Å². The molecule has 1 saturated heterocycles. The summed E-state index contributed by atoms with van der Waals surface area (Å²) in [5.41, 5.74) is 0.383. The van der Waals surface area contributed by atoms with Gasteiger partial charge in [0.05, 0.1) is 0 Å². The lowest BCUT2D eigenvalue weighted by molar-refractivity contribution is -0.138. The van der Waals surface area contributed by atoms with Crippen molar-refractivity contribution in [1.29, 1.82) is 0 Å². The van der Waals surface area contributed by atoms with Crippen LogP contribution in [0.3, 0.4) is 0 Å². The second kappa shape index (κ2) is 10.2. The first-order valence-electron chi connectivity index (χ1n) is 10.9. The Hall–Kier alpha value is -1.39. The van der Waals surface area contributed by atoms with Gasteiger partial charge in [0.15, 0.2) is 0 Å². The van der Waals surface area contributed by atoms with Crippen LogP contribution >= 0.6 is 0 Å². The average molecular weight is 379 g/mol. The van der Waals surface area contributed by atoms with Crippen LogP contribution in [0.4, 0.5) is 0 Å². The Kier molecular flexibility index (Phi) is 8.30. The molecule has 154 valence electrons. The summed E-state index contributed by atoms with van der Waals surface area (Å²) in [4.78, 5) is 35.9. The molecule has 2 aliphatic rings. The number of rotatable bonds is 2. The van der Waals surface area contributed by atoms with Crippen molar-refractivity contribution in [2.45, 2.75) is 104 Å². The minimum absolute atomic E-state index is 0.00544. The Morgan fingerprint density at radius 2 is 1.44 bits per heavy atom. The molecule has 1 saturated carbocycles. The Morgan fingerprint density at radius 1 is 0.889 bits per heavy atom. The average Bonchev–Trinajstić information content (AvgIpc) is 2.56. The van der Waals surface area contributed by atoms with Crippen molar-refractivity contribution < 1.29 is 14.4 Å². The van der Waals surface area contributed by atoms with Gasteiger partial charge in [0.2, 0.25) is 17.7 Å². The maximum atomic E-state index is 12.7. The first-order valence-corrected chi connectivity index (χ1v) is 10.9. The van der Waals surface area contributed by atoms with Gasteiger partial charge >= 0.3 is 0 Å². The second-order valence-electron chi connectivity index (χ2n) is 9.55. The monoisotopic (exact) mass is 378 g/mol. The number of nitrogens with one attached hydrogen (secondary N) is 2. The van der Waals surface area contributed by atoms with Crippen LogP contribution in [0.5, 0.6) is 0 Å². The van der Waals surface area contributed by atoms with Crippen molar-refractivity contribution in [1.82, 2.24) is 10.6 Å². The van der Waals surface area contributed by atoms with Crippen LogP contribution in [0.25, 0.3) is 0 Å². The maximum Gasteiger partial charge on any atom is 0.249 e. The summed E-state index contributed by atoms with van der Waals surface area (Å²) in [6.07, 6.45) is 12.1. The van der Waals surface area contributed by atoms with Gasteiger partial charge in [0, 0.05) is 12.3 Å². The third-order valence-electron chi connectivity index (χ3n) is 6.36. The van der Waals surface area contributed by atoms with E-state index in [0.717, 1.165) is 31.6 Å². The van der Waals surface area contributed by atoms with Crippen molar-refractivity contribution >= 4 is 17.7 Å². The number of carbonyl (C=O) groups is 3. The highest BCUT2D eigenvalue weighted by Gasteiger charge is 2.30. The molecule has 0 aromatic carbocycles. The summed E-state index contributed by atoms with van der Waals surface area (Å²) in [5.74, 6) is 0.178. The van der Waals surface area contributed by atoms with Crippen molar-refractivity contribution in [2.75, 3.05) is 0 Å². The molecular weight excluding hydrogens is 340 g/mol. The molecule has 0 aromatic heterocycles. The van der Waals surface area contributed by atoms with E-state index in [1.807, 2.05) is 0 Å². The smallest absolute Gasteiger partial charge is 0.249 e. The van der Waals surface area contributed by atoms with E-state index in [4.69, 9.17) is 0 Å². The summed E-state index contributed by atoms with van der Waals surface area (Å²) in [6.45, 7) is 7.08. The lowest BCUT2D eigenvalue weighted by Gasteiger charge is -2.31. The molecular formula is C22H38N2O3. The molecule has 1 atom stereocenters. The number of amides is 3. The van der Waals surface area contributed by atoms with E-state index in [0.29, 0.717) is 18.3 Å². The fraction of sp³-hybridized carbons (Fsp3) is 0.864. The first kappa shape index (κ1) is 21.9. The highest BCUT2D eigenvalue weighted by atomic mass is 16.2. The molecule has 1 aliphatic carbocycles. The summed E-state index contributed by atoms with van der Waals surface area (Å²) >= 11 is 0. The van der Waals surface area contributed by atoms with E-state index in [1.54, 1.807) is 0 Å². The highest BCUT2D eigenvalue weighted by molar-refractivity contribution is 6.01. The van der Waals surface area contributed by atoms with E-state index in [2.05, 4.69) is 31.4 Å². The molecule has 2 rings (SSSR count). The van der Waals surface area contributed by atoms with Crippen molar-refractivity contribution in [2.24, 2.45) is 17.3 Å². The van der Waals surface area contributed by atoms with Gasteiger partial charge in [-0.15, -0.1) is 0 Å². The molecule has 1 aliphatic heterocycles. The van der Waals surface area contributed by atoms with Gasteiger partial charge in [-0.1, -0.05) is 59.3 Å². The molecule has 5 nitrogen and oxygen atoms in total. The molecule has 2 N–H and O–H groups in total. The lowest BCUT2D eigenvalue weighted by atomic mass is 9.74. The topological polar surface area (TPSA) is 75.3 Å². The molecule has 1 unspecified atom stereocenters. The molecule has 0 bridgehead atoms. The third-order valence-corrected chi connectivity index (χ3v) is 6.36. The van der Waals surface area contributed by atoms with Crippen LogP contribution < -0.4 is 10.6 Å². The number of hydrogen-bond acceptors (Lipinski definition) is 3. The maximum absolute atomic E-state index is 12.7. The van der Waals surface area contributed by atoms with Gasteiger partial charge in [0.1, 0.15) is 6.04 Å². The zero-order valence-corrected chi connectivity index (χ0v) is 17.4. The van der Waals surface area contributed by atoms with E-state index in [9.17, 15) is 14.4 Å². The second-order valence-corrected chi connectivity index (χ2v) is 9.55. The predicted molar refractivity (Wildman–Crippen MR) is 107 cm³/mol. The Balaban J connectivity index is 1.85. The van der Waals surface area contributed by atoms with Gasteiger partial charge in [-0.05, 0) is 43.4 Å². The lowest BCUT2D eigenvalue weighted by Crippen LogP contribution is -2.53. The number of carbonyl (C=O) groups excluding carboxylic acids is 3. The van der Waals surface area contributed by atoms with Gasteiger partial charge < -0.3 is 5.32 Å². The molecule has 0 spiro atoms. The molecule has 27 heavy (non-hydrogen) atoms. The van der Waals surface area contributed by atoms with Crippen LogP contribution in [0, 0.1) is 17.3 Å². The van der Waals surface area contributed by atoms with Gasteiger partial charge in [0.25, 0.3) is 0 Å². The molecule has 0 aromatic rings. The Morgan fingerprint density at radius 3 is 1.96 bits per heavy atom. The highest BCUT2D eigenvalue weighted by Crippen LogP contribution is 2.35. The largest absolute Gasteiger partial charge is 0.344 e. The summed E-state index contributed by atoms with van der Waals surface area (Å²) in [6, 6.07) is -0.552. The van der Waals surface area contributed by atoms with Crippen LogP contribution in [0.2, 0.25) is 0 Å². The summed E-state index contributed by atoms with van der Waals surface area (Å²) in [5, 5.41) is 5.21. The Bertz CT molecular complexity index is 510. The minimum Gasteiger partial charge on any atom is -0.344 e. The van der Waals surface area contributed by atoms with Crippen LogP contribution in [-0.2, 0) is 14.4 Å². The van der Waals surface area contributed by atoms with Crippen molar-refractivity contribution in [3.05, 3.63) is 0 Å². The zero-order valence-electron chi connectivity index (χ0n) is 17.4. The fourth-order valence-electron chi connectivity index (χ4n) is 4.45. The Labute approximate surface area is 164 Å². The standard InChI is InChI=1S/C22H38N2O3/c1-22(2,3)17-12-8-4-6-10-16(11-7-5-9-13-17)20(26)23-18-14-15-19(25)24-21(18)27/h16-18H,4-15H2,1-3H3,(H,23,26)(H,24,25,27). The van der Waals surface area contributed by atoms with E-state index >= 15 is 0 Å². The molecule has 0 radical (unpaired) electrons. The van der Waals surface area contributed by atoms with Gasteiger partial charge in [-0.25, -0.2) is 0 Å². The third kappa shape index (κ3) is 7.27. The van der Waals surface area contributed by atoms with Crippen LogP contribution in [-0.4, -0.2) is 23.8 Å². The van der Waals surface area contributed by atoms with E-state index in [1.165, 1.54) is 38.5 Å². The normalized spacial score (nSPS) is 29.2. The first-order chi connectivity index (χ1) is 12.8. The van der Waals surface area contributed by atoms with Crippen LogP contribution in [0.1, 0.15) is 97.8 Å². The van der Waals surface area contributed by atoms with Gasteiger partial charge in [-0.2, -0.15) is 0 Å². The van der Waals surface area contributed by atoms with Crippen LogP contribution in [0.15, 0.2) is 0 Å². The molecule has 5 heteroatoms. The van der Waals surface area contributed by atoms with E-state index in [-0.39, 0.29) is 23.6 Å². The van der Waals surface area contributed by atoms with Crippen molar-refractivity contribution in [3.8, 4) is 0 Å².